The standard InChI is InChI=1S/C15H19NO3/c1-2-14(17)16-8-4-7-13(10-16)11-5-3-6-12(9-11)15(18)19/h3,5-6,9,13H,2,4,7-8,10H2,1H3,(H,18,19)/t13-/m0/s1. The van der Waals surface area contributed by atoms with Crippen LogP contribution in [0.4, 0.5) is 0 Å². The lowest BCUT2D eigenvalue weighted by molar-refractivity contribution is -0.132. The summed E-state index contributed by atoms with van der Waals surface area (Å²) in [6.45, 7) is 3.40. The van der Waals surface area contributed by atoms with Gasteiger partial charge in [-0.15, -0.1) is 0 Å². The van der Waals surface area contributed by atoms with Gasteiger partial charge < -0.3 is 10.0 Å². The molecule has 1 N–H and O–H groups in total. The van der Waals surface area contributed by atoms with E-state index in [2.05, 4.69) is 0 Å². The van der Waals surface area contributed by atoms with Crippen molar-refractivity contribution in [3.05, 3.63) is 35.4 Å². The second-order valence-corrected chi connectivity index (χ2v) is 4.96. The Kier molecular flexibility index (Phi) is 4.20. The summed E-state index contributed by atoms with van der Waals surface area (Å²) < 4.78 is 0. The van der Waals surface area contributed by atoms with Gasteiger partial charge in [-0.1, -0.05) is 19.1 Å². The molecule has 1 fully saturated rings. The van der Waals surface area contributed by atoms with Gasteiger partial charge in [-0.3, -0.25) is 4.79 Å². The fraction of sp³-hybridized carbons (Fsp3) is 0.467. The number of amides is 1. The minimum atomic E-state index is -0.904. The molecule has 0 saturated carbocycles. The molecule has 102 valence electrons. The number of carboxylic acids is 1. The number of hydrogen-bond donors (Lipinski definition) is 1. The number of benzene rings is 1. The van der Waals surface area contributed by atoms with E-state index in [0.29, 0.717) is 18.5 Å². The monoisotopic (exact) mass is 261 g/mol. The molecule has 0 aromatic heterocycles. The van der Waals surface area contributed by atoms with Crippen LogP contribution in [0.15, 0.2) is 24.3 Å². The molecule has 0 bridgehead atoms. The first-order valence-corrected chi connectivity index (χ1v) is 6.73. The van der Waals surface area contributed by atoms with E-state index in [1.54, 1.807) is 18.2 Å². The number of rotatable bonds is 3. The van der Waals surface area contributed by atoms with Crippen LogP contribution >= 0.6 is 0 Å². The summed E-state index contributed by atoms with van der Waals surface area (Å²) in [4.78, 5) is 24.6. The summed E-state index contributed by atoms with van der Waals surface area (Å²) in [5.41, 5.74) is 1.34. The maximum Gasteiger partial charge on any atom is 0.335 e. The molecule has 1 aromatic carbocycles. The van der Waals surface area contributed by atoms with Crippen LogP contribution in [-0.2, 0) is 4.79 Å². The lowest BCUT2D eigenvalue weighted by Gasteiger charge is -2.33. The van der Waals surface area contributed by atoms with E-state index >= 15 is 0 Å². The van der Waals surface area contributed by atoms with Gasteiger partial charge in [0.1, 0.15) is 0 Å². The number of piperidine rings is 1. The van der Waals surface area contributed by atoms with Crippen molar-refractivity contribution in [1.82, 2.24) is 4.90 Å². The van der Waals surface area contributed by atoms with Crippen LogP contribution < -0.4 is 0 Å². The highest BCUT2D eigenvalue weighted by atomic mass is 16.4. The average molecular weight is 261 g/mol. The van der Waals surface area contributed by atoms with Crippen molar-refractivity contribution in [1.29, 1.82) is 0 Å². The molecule has 2 rings (SSSR count). The smallest absolute Gasteiger partial charge is 0.335 e. The normalized spacial score (nSPS) is 19.2. The first-order chi connectivity index (χ1) is 9.11. The van der Waals surface area contributed by atoms with Gasteiger partial charge in [0.25, 0.3) is 0 Å². The molecule has 1 amide bonds. The molecule has 0 aliphatic carbocycles. The highest BCUT2D eigenvalue weighted by Crippen LogP contribution is 2.27. The summed E-state index contributed by atoms with van der Waals surface area (Å²) in [7, 11) is 0. The van der Waals surface area contributed by atoms with Crippen molar-refractivity contribution in [2.45, 2.75) is 32.1 Å². The number of carboxylic acid groups (broad SMARTS) is 1. The van der Waals surface area contributed by atoms with Gasteiger partial charge in [0.05, 0.1) is 5.56 Å². The van der Waals surface area contributed by atoms with Crippen LogP contribution in [0, 0.1) is 0 Å². The fourth-order valence-electron chi connectivity index (χ4n) is 2.62. The Morgan fingerprint density at radius 1 is 1.42 bits per heavy atom. The minimum Gasteiger partial charge on any atom is -0.478 e. The van der Waals surface area contributed by atoms with Gasteiger partial charge in [-0.05, 0) is 30.5 Å². The maximum atomic E-state index is 11.8. The van der Waals surface area contributed by atoms with E-state index in [1.807, 2.05) is 17.9 Å². The zero-order chi connectivity index (χ0) is 13.8. The van der Waals surface area contributed by atoms with Crippen molar-refractivity contribution in [2.75, 3.05) is 13.1 Å². The zero-order valence-corrected chi connectivity index (χ0v) is 11.1. The third-order valence-corrected chi connectivity index (χ3v) is 3.68. The van der Waals surface area contributed by atoms with E-state index < -0.39 is 5.97 Å². The van der Waals surface area contributed by atoms with Gasteiger partial charge in [-0.25, -0.2) is 4.79 Å². The Morgan fingerprint density at radius 3 is 2.89 bits per heavy atom. The van der Waals surface area contributed by atoms with Gasteiger partial charge in [0, 0.05) is 25.4 Å². The molecular formula is C15H19NO3. The van der Waals surface area contributed by atoms with Crippen LogP contribution in [0.5, 0.6) is 0 Å². The van der Waals surface area contributed by atoms with E-state index in [0.717, 1.165) is 24.9 Å². The molecule has 1 aliphatic heterocycles. The third-order valence-electron chi connectivity index (χ3n) is 3.68. The second kappa shape index (κ2) is 5.87. The SMILES string of the molecule is CCC(=O)N1CCC[C@H](c2cccc(C(=O)O)c2)C1. The van der Waals surface area contributed by atoms with Crippen LogP contribution in [0.25, 0.3) is 0 Å². The predicted octanol–water partition coefficient (Wildman–Crippen LogP) is 2.50. The van der Waals surface area contributed by atoms with Crippen LogP contribution in [-0.4, -0.2) is 35.0 Å². The summed E-state index contributed by atoms with van der Waals surface area (Å²) in [6, 6.07) is 7.06. The molecule has 19 heavy (non-hydrogen) atoms. The Labute approximate surface area is 113 Å². The first-order valence-electron chi connectivity index (χ1n) is 6.73. The van der Waals surface area contributed by atoms with E-state index in [-0.39, 0.29) is 11.8 Å². The van der Waals surface area contributed by atoms with E-state index in [4.69, 9.17) is 5.11 Å². The van der Waals surface area contributed by atoms with Crippen LogP contribution in [0.2, 0.25) is 0 Å². The van der Waals surface area contributed by atoms with Gasteiger partial charge in [0.2, 0.25) is 5.91 Å². The average Bonchev–Trinajstić information content (AvgIpc) is 2.46. The Morgan fingerprint density at radius 2 is 2.21 bits per heavy atom. The summed E-state index contributed by atoms with van der Waals surface area (Å²) in [5.74, 6) is -0.471. The summed E-state index contributed by atoms with van der Waals surface area (Å²) in [6.07, 6.45) is 2.52. The molecule has 1 atom stereocenters. The van der Waals surface area contributed by atoms with E-state index in [9.17, 15) is 9.59 Å². The van der Waals surface area contributed by atoms with Crippen molar-refractivity contribution >= 4 is 11.9 Å². The van der Waals surface area contributed by atoms with Crippen molar-refractivity contribution < 1.29 is 14.7 Å². The molecule has 1 aromatic rings. The molecule has 1 saturated heterocycles. The van der Waals surface area contributed by atoms with Crippen molar-refractivity contribution in [3.63, 3.8) is 0 Å². The molecular weight excluding hydrogens is 242 g/mol. The third kappa shape index (κ3) is 3.13. The van der Waals surface area contributed by atoms with Gasteiger partial charge >= 0.3 is 5.97 Å². The molecule has 1 heterocycles. The minimum absolute atomic E-state index is 0.180. The van der Waals surface area contributed by atoms with Crippen molar-refractivity contribution in [3.8, 4) is 0 Å². The number of nitrogens with zero attached hydrogens (tertiary/aromatic N) is 1. The zero-order valence-electron chi connectivity index (χ0n) is 11.1. The predicted molar refractivity (Wildman–Crippen MR) is 72.2 cm³/mol. The number of hydrogen-bond acceptors (Lipinski definition) is 2. The number of aromatic carboxylic acids is 1. The molecule has 0 unspecified atom stereocenters. The second-order valence-electron chi connectivity index (χ2n) is 4.96. The van der Waals surface area contributed by atoms with Gasteiger partial charge in [-0.2, -0.15) is 0 Å². The number of carbonyl (C=O) groups is 2. The van der Waals surface area contributed by atoms with E-state index in [1.165, 1.54) is 0 Å². The lowest BCUT2D eigenvalue weighted by Crippen LogP contribution is -2.38. The van der Waals surface area contributed by atoms with Crippen molar-refractivity contribution in [2.24, 2.45) is 0 Å². The van der Waals surface area contributed by atoms with Crippen LogP contribution in [0.3, 0.4) is 0 Å². The molecule has 0 spiro atoms. The summed E-state index contributed by atoms with van der Waals surface area (Å²) in [5, 5.41) is 9.02. The molecule has 1 aliphatic rings. The topological polar surface area (TPSA) is 57.6 Å². The maximum absolute atomic E-state index is 11.8. The lowest BCUT2D eigenvalue weighted by atomic mass is 9.89. The largest absolute Gasteiger partial charge is 0.478 e. The highest BCUT2D eigenvalue weighted by Gasteiger charge is 2.24. The number of likely N-dealkylation sites (tertiary alicyclic amines) is 1. The Balaban J connectivity index is 2.15. The summed E-state index contributed by atoms with van der Waals surface area (Å²) >= 11 is 0. The number of carbonyl (C=O) groups excluding carboxylic acids is 1. The molecule has 0 radical (unpaired) electrons. The fourth-order valence-corrected chi connectivity index (χ4v) is 2.62. The highest BCUT2D eigenvalue weighted by molar-refractivity contribution is 5.87. The molecule has 4 heteroatoms. The molecule has 4 nitrogen and oxygen atoms in total. The first kappa shape index (κ1) is 13.6. The van der Waals surface area contributed by atoms with Gasteiger partial charge in [0.15, 0.2) is 0 Å². The Hall–Kier alpha value is -1.84. The van der Waals surface area contributed by atoms with Crippen LogP contribution in [0.1, 0.15) is 48.0 Å². The Bertz CT molecular complexity index is 484. The quantitative estimate of drug-likeness (QED) is 0.909.